The quantitative estimate of drug-likeness (QED) is 0.778. The maximum absolute atomic E-state index is 12.9. The van der Waals surface area contributed by atoms with E-state index >= 15 is 0 Å². The van der Waals surface area contributed by atoms with E-state index in [1.165, 1.54) is 16.9 Å². The van der Waals surface area contributed by atoms with Crippen LogP contribution in [0, 0.1) is 0 Å². The first-order valence-electron chi connectivity index (χ1n) is 8.55. The summed E-state index contributed by atoms with van der Waals surface area (Å²) in [6, 6.07) is 7.88. The lowest BCUT2D eigenvalue weighted by Gasteiger charge is -2.12. The molecule has 0 aliphatic heterocycles. The average Bonchev–Trinajstić information content (AvgIpc) is 3.02. The van der Waals surface area contributed by atoms with E-state index in [2.05, 4.69) is 5.32 Å². The monoisotopic (exact) mass is 355 g/mol. The molecule has 0 atom stereocenters. The molecule has 5 nitrogen and oxygen atoms in total. The summed E-state index contributed by atoms with van der Waals surface area (Å²) in [7, 11) is 3.44. The molecule has 6 heteroatoms. The third-order valence-electron chi connectivity index (χ3n) is 4.78. The number of thiophene rings is 1. The van der Waals surface area contributed by atoms with Crippen LogP contribution in [0.5, 0.6) is 5.75 Å². The van der Waals surface area contributed by atoms with Gasteiger partial charge in [-0.15, -0.1) is 11.3 Å². The predicted octanol–water partition coefficient (Wildman–Crippen LogP) is 3.49. The molecule has 0 saturated heterocycles. The number of aryl methyl sites for hydroxylation is 2. The van der Waals surface area contributed by atoms with E-state index in [4.69, 9.17) is 9.72 Å². The Morgan fingerprint density at radius 1 is 1.32 bits per heavy atom. The van der Waals surface area contributed by atoms with Crippen LogP contribution in [0.2, 0.25) is 0 Å². The number of ether oxygens (including phenoxy) is 1. The van der Waals surface area contributed by atoms with Crippen molar-refractivity contribution in [1.82, 2.24) is 9.55 Å². The van der Waals surface area contributed by atoms with Crippen LogP contribution in [0.1, 0.15) is 28.8 Å². The molecule has 3 aromatic rings. The third-order valence-corrected chi connectivity index (χ3v) is 5.97. The predicted molar refractivity (Wildman–Crippen MR) is 102 cm³/mol. The van der Waals surface area contributed by atoms with Gasteiger partial charge >= 0.3 is 0 Å². The Bertz CT molecular complexity index is 990. The van der Waals surface area contributed by atoms with Gasteiger partial charge in [-0.25, -0.2) is 4.98 Å². The molecule has 25 heavy (non-hydrogen) atoms. The van der Waals surface area contributed by atoms with E-state index in [1.807, 2.05) is 24.3 Å². The number of anilines is 1. The number of hydrogen-bond acceptors (Lipinski definition) is 5. The van der Waals surface area contributed by atoms with Gasteiger partial charge in [0.05, 0.1) is 12.5 Å². The summed E-state index contributed by atoms with van der Waals surface area (Å²) < 4.78 is 6.89. The Morgan fingerprint density at radius 3 is 3.00 bits per heavy atom. The van der Waals surface area contributed by atoms with Crippen molar-refractivity contribution in [3.05, 3.63) is 50.6 Å². The van der Waals surface area contributed by atoms with Gasteiger partial charge in [0.25, 0.3) is 5.56 Å². The summed E-state index contributed by atoms with van der Waals surface area (Å²) in [6.45, 7) is 0.591. The molecule has 1 aliphatic rings. The maximum atomic E-state index is 12.9. The van der Waals surface area contributed by atoms with Crippen LogP contribution < -0.4 is 15.6 Å². The van der Waals surface area contributed by atoms with Crippen LogP contribution in [0.4, 0.5) is 5.95 Å². The van der Waals surface area contributed by atoms with E-state index in [9.17, 15) is 4.79 Å². The Morgan fingerprint density at radius 2 is 2.16 bits per heavy atom. The molecule has 0 spiro atoms. The first-order chi connectivity index (χ1) is 12.2. The van der Waals surface area contributed by atoms with Crippen molar-refractivity contribution in [3.8, 4) is 5.75 Å². The summed E-state index contributed by atoms with van der Waals surface area (Å²) in [6.07, 6.45) is 4.45. The molecule has 0 amide bonds. The molecule has 1 aliphatic carbocycles. The first kappa shape index (κ1) is 16.1. The van der Waals surface area contributed by atoms with Crippen LogP contribution in [0.15, 0.2) is 29.1 Å². The minimum Gasteiger partial charge on any atom is -0.497 e. The minimum absolute atomic E-state index is 0.0533. The molecule has 1 aromatic carbocycles. The molecular weight excluding hydrogens is 334 g/mol. The Labute approximate surface area is 150 Å². The second-order valence-corrected chi connectivity index (χ2v) is 7.48. The highest BCUT2D eigenvalue weighted by Gasteiger charge is 2.21. The minimum atomic E-state index is 0.0533. The number of hydrogen-bond donors (Lipinski definition) is 1. The van der Waals surface area contributed by atoms with Gasteiger partial charge in [0, 0.05) is 18.5 Å². The van der Waals surface area contributed by atoms with Gasteiger partial charge in [0.2, 0.25) is 5.95 Å². The van der Waals surface area contributed by atoms with E-state index in [1.54, 1.807) is 30.1 Å². The second kappa shape index (κ2) is 6.52. The van der Waals surface area contributed by atoms with Gasteiger partial charge in [0.1, 0.15) is 10.6 Å². The SMILES string of the molecule is COc1cccc(CNc2nc3sc4c(c3c(=O)n2C)CCCC4)c1. The zero-order chi connectivity index (χ0) is 17.4. The Kier molecular flexibility index (Phi) is 4.21. The summed E-state index contributed by atoms with van der Waals surface area (Å²) in [5.74, 6) is 1.43. The van der Waals surface area contributed by atoms with Crippen molar-refractivity contribution in [2.45, 2.75) is 32.2 Å². The number of nitrogens with zero attached hydrogens (tertiary/aromatic N) is 2. The van der Waals surface area contributed by atoms with Crippen molar-refractivity contribution < 1.29 is 4.74 Å². The number of fused-ring (bicyclic) bond motifs is 3. The van der Waals surface area contributed by atoms with Crippen molar-refractivity contribution >= 4 is 27.5 Å². The van der Waals surface area contributed by atoms with Crippen LogP contribution >= 0.6 is 11.3 Å². The highest BCUT2D eigenvalue weighted by molar-refractivity contribution is 7.18. The fourth-order valence-corrected chi connectivity index (χ4v) is 4.66. The highest BCUT2D eigenvalue weighted by atomic mass is 32.1. The van der Waals surface area contributed by atoms with Gasteiger partial charge in [-0.1, -0.05) is 12.1 Å². The van der Waals surface area contributed by atoms with Crippen molar-refractivity contribution in [3.63, 3.8) is 0 Å². The van der Waals surface area contributed by atoms with Gasteiger partial charge in [0.15, 0.2) is 0 Å². The van der Waals surface area contributed by atoms with E-state index in [0.717, 1.165) is 40.8 Å². The molecule has 0 radical (unpaired) electrons. The topological polar surface area (TPSA) is 56.1 Å². The van der Waals surface area contributed by atoms with Crippen LogP contribution in [-0.2, 0) is 26.4 Å². The highest BCUT2D eigenvalue weighted by Crippen LogP contribution is 2.34. The number of aromatic nitrogens is 2. The molecule has 0 bridgehead atoms. The lowest BCUT2D eigenvalue weighted by molar-refractivity contribution is 0.414. The van der Waals surface area contributed by atoms with Gasteiger partial charge < -0.3 is 10.1 Å². The number of rotatable bonds is 4. The Hall–Kier alpha value is -2.34. The molecule has 2 aromatic heterocycles. The zero-order valence-electron chi connectivity index (χ0n) is 14.5. The van der Waals surface area contributed by atoms with Crippen molar-refractivity contribution in [1.29, 1.82) is 0 Å². The van der Waals surface area contributed by atoms with Crippen molar-refractivity contribution in [2.75, 3.05) is 12.4 Å². The molecule has 4 rings (SSSR count). The normalized spacial score (nSPS) is 13.7. The average molecular weight is 355 g/mol. The van der Waals surface area contributed by atoms with Crippen LogP contribution in [0.3, 0.4) is 0 Å². The fraction of sp³-hybridized carbons (Fsp3) is 0.368. The molecular formula is C19H21N3O2S. The van der Waals surface area contributed by atoms with Crippen molar-refractivity contribution in [2.24, 2.45) is 7.05 Å². The third kappa shape index (κ3) is 2.91. The summed E-state index contributed by atoms with van der Waals surface area (Å²) >= 11 is 1.68. The van der Waals surface area contributed by atoms with Gasteiger partial charge in [-0.2, -0.15) is 0 Å². The lowest BCUT2D eigenvalue weighted by atomic mass is 9.97. The fourth-order valence-electron chi connectivity index (χ4n) is 3.41. The first-order valence-corrected chi connectivity index (χ1v) is 9.37. The standard InChI is InChI=1S/C19H21N3O2S/c1-22-18(23)16-14-8-3-4-9-15(14)25-17(16)21-19(22)20-11-12-6-5-7-13(10-12)24-2/h5-7,10H,3-4,8-9,11H2,1-2H3,(H,20,21). The molecule has 130 valence electrons. The molecule has 0 saturated carbocycles. The number of nitrogens with one attached hydrogen (secondary N) is 1. The Balaban J connectivity index is 1.68. The van der Waals surface area contributed by atoms with Crippen LogP contribution in [-0.4, -0.2) is 16.7 Å². The summed E-state index contributed by atoms with van der Waals surface area (Å²) in [4.78, 5) is 19.8. The lowest BCUT2D eigenvalue weighted by Crippen LogP contribution is -2.22. The second-order valence-electron chi connectivity index (χ2n) is 6.40. The smallest absolute Gasteiger partial charge is 0.263 e. The number of methoxy groups -OCH3 is 1. The van der Waals surface area contributed by atoms with E-state index in [-0.39, 0.29) is 5.56 Å². The zero-order valence-corrected chi connectivity index (χ0v) is 15.3. The largest absolute Gasteiger partial charge is 0.497 e. The van der Waals surface area contributed by atoms with Gasteiger partial charge in [-0.05, 0) is 48.9 Å². The summed E-state index contributed by atoms with van der Waals surface area (Å²) in [5.41, 5.74) is 2.37. The molecule has 0 unspecified atom stereocenters. The maximum Gasteiger partial charge on any atom is 0.263 e. The van der Waals surface area contributed by atoms with Gasteiger partial charge in [-0.3, -0.25) is 9.36 Å². The van der Waals surface area contributed by atoms with E-state index in [0.29, 0.717) is 12.5 Å². The molecule has 1 N–H and O–H groups in total. The molecule has 0 fully saturated rings. The number of benzene rings is 1. The summed E-state index contributed by atoms with van der Waals surface area (Å²) in [5, 5.41) is 4.12. The van der Waals surface area contributed by atoms with Crippen LogP contribution in [0.25, 0.3) is 10.2 Å². The van der Waals surface area contributed by atoms with E-state index < -0.39 is 0 Å². The molecule has 2 heterocycles.